The van der Waals surface area contributed by atoms with E-state index in [4.69, 9.17) is 33.3 Å². The number of carbonyl (C=O) groups excluding carboxylic acids is 2. The summed E-state index contributed by atoms with van der Waals surface area (Å²) in [6, 6.07) is 13.5. The molecule has 2 aromatic carbocycles. The third-order valence-electron chi connectivity index (χ3n) is 3.86. The molecule has 0 atom stereocenters. The zero-order chi connectivity index (χ0) is 21.8. The quantitative estimate of drug-likeness (QED) is 0.308. The maximum atomic E-state index is 12.5. The van der Waals surface area contributed by atoms with Crippen molar-refractivity contribution < 1.29 is 19.1 Å². The van der Waals surface area contributed by atoms with Gasteiger partial charge in [-0.05, 0) is 55.0 Å². The topological polar surface area (TPSA) is 88.7 Å². The standard InChI is InChI=1S/C21H24ClN3O4S/c1-2-3-6-13-28-18-8-5-4-7-17(18)20(27)23-21(30)25-24-19(26)14-29-16-11-9-15(22)10-12-16/h4-5,7-12H,2-3,6,13-14H2,1H3,(H,24,26)(H2,23,25,27,30). The number of halogens is 1. The Morgan fingerprint density at radius 3 is 2.47 bits per heavy atom. The number of hydrogen-bond acceptors (Lipinski definition) is 5. The predicted molar refractivity (Wildman–Crippen MR) is 120 cm³/mol. The minimum absolute atomic E-state index is 0.0550. The van der Waals surface area contributed by atoms with E-state index < -0.39 is 11.8 Å². The van der Waals surface area contributed by atoms with Crippen LogP contribution in [0.1, 0.15) is 36.5 Å². The van der Waals surface area contributed by atoms with Crippen molar-refractivity contribution >= 4 is 40.7 Å². The molecule has 7 nitrogen and oxygen atoms in total. The molecule has 0 fully saturated rings. The summed E-state index contributed by atoms with van der Waals surface area (Å²) in [4.78, 5) is 24.3. The lowest BCUT2D eigenvalue weighted by atomic mass is 10.2. The molecular weight excluding hydrogens is 426 g/mol. The maximum Gasteiger partial charge on any atom is 0.276 e. The smallest absolute Gasteiger partial charge is 0.276 e. The summed E-state index contributed by atoms with van der Waals surface area (Å²) in [7, 11) is 0. The van der Waals surface area contributed by atoms with E-state index >= 15 is 0 Å². The van der Waals surface area contributed by atoms with Crippen molar-refractivity contribution in [1.29, 1.82) is 0 Å². The van der Waals surface area contributed by atoms with Gasteiger partial charge in [0, 0.05) is 5.02 Å². The highest BCUT2D eigenvalue weighted by molar-refractivity contribution is 7.80. The lowest BCUT2D eigenvalue weighted by Gasteiger charge is -2.13. The third kappa shape index (κ3) is 8.26. The van der Waals surface area contributed by atoms with Crippen LogP contribution in [0.2, 0.25) is 5.02 Å². The van der Waals surface area contributed by atoms with Gasteiger partial charge in [-0.15, -0.1) is 0 Å². The van der Waals surface area contributed by atoms with Crippen molar-refractivity contribution in [3.8, 4) is 11.5 Å². The zero-order valence-electron chi connectivity index (χ0n) is 16.6. The van der Waals surface area contributed by atoms with Gasteiger partial charge >= 0.3 is 0 Å². The van der Waals surface area contributed by atoms with E-state index in [0.717, 1.165) is 19.3 Å². The van der Waals surface area contributed by atoms with E-state index in [9.17, 15) is 9.59 Å². The molecule has 0 aliphatic heterocycles. The van der Waals surface area contributed by atoms with Crippen LogP contribution < -0.4 is 25.6 Å². The van der Waals surface area contributed by atoms with Crippen LogP contribution in [0.25, 0.3) is 0 Å². The number of hydrogen-bond donors (Lipinski definition) is 3. The second-order valence-electron chi connectivity index (χ2n) is 6.25. The summed E-state index contributed by atoms with van der Waals surface area (Å²) in [5, 5.41) is 3.02. The molecule has 0 saturated carbocycles. The summed E-state index contributed by atoms with van der Waals surface area (Å²) in [6.45, 7) is 2.40. The number of thiocarbonyl (C=S) groups is 1. The molecule has 0 aromatic heterocycles. The number of para-hydroxylation sites is 1. The lowest BCUT2D eigenvalue weighted by molar-refractivity contribution is -0.123. The van der Waals surface area contributed by atoms with Crippen LogP contribution in [0.3, 0.4) is 0 Å². The molecule has 3 N–H and O–H groups in total. The van der Waals surface area contributed by atoms with Crippen LogP contribution >= 0.6 is 23.8 Å². The number of unbranched alkanes of at least 4 members (excludes halogenated alkanes) is 2. The summed E-state index contributed by atoms with van der Waals surface area (Å²) >= 11 is 10.8. The number of hydrazine groups is 1. The molecule has 2 aromatic rings. The molecule has 0 aliphatic rings. The molecule has 0 aliphatic carbocycles. The number of carbonyl (C=O) groups is 2. The Morgan fingerprint density at radius 1 is 1.00 bits per heavy atom. The van der Waals surface area contributed by atoms with Gasteiger partial charge < -0.3 is 9.47 Å². The maximum absolute atomic E-state index is 12.5. The van der Waals surface area contributed by atoms with Gasteiger partial charge in [0.1, 0.15) is 11.5 Å². The molecule has 0 heterocycles. The van der Waals surface area contributed by atoms with E-state index in [1.54, 1.807) is 48.5 Å². The van der Waals surface area contributed by atoms with E-state index in [2.05, 4.69) is 23.1 Å². The van der Waals surface area contributed by atoms with Gasteiger partial charge in [0.2, 0.25) is 0 Å². The Kier molecular flexibility index (Phi) is 9.90. The first-order chi connectivity index (χ1) is 14.5. The normalized spacial score (nSPS) is 10.1. The van der Waals surface area contributed by atoms with Gasteiger partial charge in [0.15, 0.2) is 11.7 Å². The number of nitrogens with one attached hydrogen (secondary N) is 3. The molecule has 30 heavy (non-hydrogen) atoms. The SMILES string of the molecule is CCCCCOc1ccccc1C(=O)NC(=S)NNC(=O)COc1ccc(Cl)cc1. The predicted octanol–water partition coefficient (Wildman–Crippen LogP) is 3.62. The Morgan fingerprint density at radius 2 is 1.73 bits per heavy atom. The molecule has 0 saturated heterocycles. The first kappa shape index (κ1) is 23.4. The van der Waals surface area contributed by atoms with Gasteiger partial charge in [0.25, 0.3) is 11.8 Å². The highest BCUT2D eigenvalue weighted by Gasteiger charge is 2.14. The van der Waals surface area contributed by atoms with Gasteiger partial charge in [-0.1, -0.05) is 43.5 Å². The highest BCUT2D eigenvalue weighted by Crippen LogP contribution is 2.18. The zero-order valence-corrected chi connectivity index (χ0v) is 18.1. The fourth-order valence-corrected chi connectivity index (χ4v) is 2.63. The number of amides is 2. The monoisotopic (exact) mass is 449 g/mol. The van der Waals surface area contributed by atoms with E-state index in [1.807, 2.05) is 0 Å². The van der Waals surface area contributed by atoms with Crippen molar-refractivity contribution in [2.75, 3.05) is 13.2 Å². The van der Waals surface area contributed by atoms with Gasteiger partial charge in [-0.3, -0.25) is 25.8 Å². The van der Waals surface area contributed by atoms with Crippen molar-refractivity contribution in [1.82, 2.24) is 16.2 Å². The van der Waals surface area contributed by atoms with Crippen LogP contribution in [0, 0.1) is 0 Å². The molecule has 0 radical (unpaired) electrons. The Labute approximate surface area is 186 Å². The fourth-order valence-electron chi connectivity index (χ4n) is 2.36. The molecule has 160 valence electrons. The Bertz CT molecular complexity index is 862. The van der Waals surface area contributed by atoms with Crippen molar-refractivity contribution in [2.45, 2.75) is 26.2 Å². The largest absolute Gasteiger partial charge is 0.493 e. The van der Waals surface area contributed by atoms with Crippen molar-refractivity contribution in [3.63, 3.8) is 0 Å². The van der Waals surface area contributed by atoms with Crippen LogP contribution in [-0.4, -0.2) is 30.1 Å². The molecule has 0 unspecified atom stereocenters. The van der Waals surface area contributed by atoms with Crippen LogP contribution in [0.4, 0.5) is 0 Å². The average Bonchev–Trinajstić information content (AvgIpc) is 2.75. The Balaban J connectivity index is 1.77. The third-order valence-corrected chi connectivity index (χ3v) is 4.32. The first-order valence-corrected chi connectivity index (χ1v) is 10.3. The van der Waals surface area contributed by atoms with Crippen LogP contribution in [-0.2, 0) is 4.79 Å². The Hall–Kier alpha value is -2.84. The highest BCUT2D eigenvalue weighted by atomic mass is 35.5. The number of ether oxygens (including phenoxy) is 2. The summed E-state index contributed by atoms with van der Waals surface area (Å²) in [6.07, 6.45) is 3.06. The van der Waals surface area contributed by atoms with Gasteiger partial charge in [-0.2, -0.15) is 0 Å². The van der Waals surface area contributed by atoms with Crippen molar-refractivity contribution in [3.05, 3.63) is 59.1 Å². The molecule has 9 heteroatoms. The van der Waals surface area contributed by atoms with Crippen molar-refractivity contribution in [2.24, 2.45) is 0 Å². The number of benzene rings is 2. The summed E-state index contributed by atoms with van der Waals surface area (Å²) in [5.74, 6) is 0.0711. The van der Waals surface area contributed by atoms with Gasteiger partial charge in [0.05, 0.1) is 12.2 Å². The number of rotatable bonds is 9. The molecule has 2 amide bonds. The minimum atomic E-state index is -0.471. The van der Waals surface area contributed by atoms with Crippen LogP contribution in [0.5, 0.6) is 11.5 Å². The first-order valence-electron chi connectivity index (χ1n) is 9.50. The summed E-state index contributed by atoms with van der Waals surface area (Å²) < 4.78 is 11.0. The van der Waals surface area contributed by atoms with Crippen LogP contribution in [0.15, 0.2) is 48.5 Å². The van der Waals surface area contributed by atoms with E-state index in [0.29, 0.717) is 28.7 Å². The summed E-state index contributed by atoms with van der Waals surface area (Å²) in [5.41, 5.74) is 5.18. The lowest BCUT2D eigenvalue weighted by Crippen LogP contribution is -2.49. The van der Waals surface area contributed by atoms with Gasteiger partial charge in [-0.25, -0.2) is 0 Å². The second kappa shape index (κ2) is 12.7. The van der Waals surface area contributed by atoms with E-state index in [1.165, 1.54) is 0 Å². The average molecular weight is 450 g/mol. The fraction of sp³-hybridized carbons (Fsp3) is 0.286. The second-order valence-corrected chi connectivity index (χ2v) is 7.10. The molecule has 2 rings (SSSR count). The minimum Gasteiger partial charge on any atom is -0.493 e. The van der Waals surface area contributed by atoms with E-state index in [-0.39, 0.29) is 11.7 Å². The molecular formula is C21H24ClN3O4S. The molecule has 0 spiro atoms. The molecule has 0 bridgehead atoms.